The van der Waals surface area contributed by atoms with Crippen molar-refractivity contribution in [2.24, 2.45) is 0 Å². The zero-order chi connectivity index (χ0) is 11.0. The summed E-state index contributed by atoms with van der Waals surface area (Å²) in [5.74, 6) is 0. The highest BCUT2D eigenvalue weighted by molar-refractivity contribution is 5.70. The first-order valence-corrected chi connectivity index (χ1v) is 5.62. The highest BCUT2D eigenvalue weighted by atomic mass is 16.1. The van der Waals surface area contributed by atoms with E-state index in [0.29, 0.717) is 0 Å². The normalized spacial score (nSPS) is 21.4. The number of fused-ring (bicyclic) bond motifs is 1. The quantitative estimate of drug-likeness (QED) is 0.738. The second kappa shape index (κ2) is 3.75. The van der Waals surface area contributed by atoms with Gasteiger partial charge in [-0.3, -0.25) is 4.57 Å². The molecule has 84 valence electrons. The second-order valence-electron chi connectivity index (χ2n) is 4.17. The monoisotopic (exact) mass is 218 g/mol. The van der Waals surface area contributed by atoms with Gasteiger partial charge in [0.15, 0.2) is 5.65 Å². The van der Waals surface area contributed by atoms with Gasteiger partial charge >= 0.3 is 5.69 Å². The highest BCUT2D eigenvalue weighted by Gasteiger charge is 2.19. The molecule has 2 N–H and O–H groups in total. The molecule has 0 unspecified atom stereocenters. The Bertz CT molecular complexity index is 550. The van der Waals surface area contributed by atoms with Gasteiger partial charge in [-0.05, 0) is 31.5 Å². The van der Waals surface area contributed by atoms with Crippen LogP contribution in [0.25, 0.3) is 11.2 Å². The van der Waals surface area contributed by atoms with Crippen molar-refractivity contribution in [3.63, 3.8) is 0 Å². The van der Waals surface area contributed by atoms with E-state index in [4.69, 9.17) is 0 Å². The van der Waals surface area contributed by atoms with Crippen LogP contribution < -0.4 is 11.0 Å². The van der Waals surface area contributed by atoms with Gasteiger partial charge in [-0.1, -0.05) is 0 Å². The lowest BCUT2D eigenvalue weighted by atomic mass is 10.1. The van der Waals surface area contributed by atoms with Crippen LogP contribution in [0.1, 0.15) is 18.9 Å². The van der Waals surface area contributed by atoms with Crippen LogP contribution in [-0.2, 0) is 0 Å². The molecule has 1 aliphatic rings. The van der Waals surface area contributed by atoms with Crippen molar-refractivity contribution in [2.75, 3.05) is 13.1 Å². The van der Waals surface area contributed by atoms with Crippen LogP contribution in [0.3, 0.4) is 0 Å². The Kier molecular flexibility index (Phi) is 2.25. The number of aromatic amines is 1. The van der Waals surface area contributed by atoms with Gasteiger partial charge in [0.2, 0.25) is 0 Å². The molecule has 3 rings (SSSR count). The smallest absolute Gasteiger partial charge is 0.315 e. The summed E-state index contributed by atoms with van der Waals surface area (Å²) in [6.45, 7) is 1.89. The lowest BCUT2D eigenvalue weighted by Crippen LogP contribution is -2.35. The molecule has 0 radical (unpaired) electrons. The van der Waals surface area contributed by atoms with Crippen LogP contribution in [0.5, 0.6) is 0 Å². The van der Waals surface area contributed by atoms with Gasteiger partial charge in [-0.2, -0.15) is 0 Å². The Morgan fingerprint density at radius 3 is 3.25 bits per heavy atom. The number of aromatic nitrogens is 3. The molecule has 5 nitrogen and oxygen atoms in total. The van der Waals surface area contributed by atoms with Crippen molar-refractivity contribution in [3.8, 4) is 0 Å². The van der Waals surface area contributed by atoms with Gasteiger partial charge in [0.25, 0.3) is 0 Å². The Balaban J connectivity index is 2.14. The van der Waals surface area contributed by atoms with Crippen LogP contribution in [0.15, 0.2) is 23.1 Å². The number of rotatable bonds is 1. The van der Waals surface area contributed by atoms with Crippen LogP contribution in [-0.4, -0.2) is 27.6 Å². The van der Waals surface area contributed by atoms with Crippen molar-refractivity contribution in [3.05, 3.63) is 28.8 Å². The van der Waals surface area contributed by atoms with E-state index in [1.54, 1.807) is 10.8 Å². The van der Waals surface area contributed by atoms with Crippen molar-refractivity contribution in [1.82, 2.24) is 19.9 Å². The zero-order valence-corrected chi connectivity index (χ0v) is 8.94. The summed E-state index contributed by atoms with van der Waals surface area (Å²) < 4.78 is 1.78. The molecule has 1 atom stereocenters. The van der Waals surface area contributed by atoms with Crippen molar-refractivity contribution in [1.29, 1.82) is 0 Å². The summed E-state index contributed by atoms with van der Waals surface area (Å²) in [7, 11) is 0. The van der Waals surface area contributed by atoms with Gasteiger partial charge in [0.1, 0.15) is 0 Å². The molecular weight excluding hydrogens is 204 g/mol. The van der Waals surface area contributed by atoms with Crippen molar-refractivity contribution >= 4 is 11.2 Å². The second-order valence-corrected chi connectivity index (χ2v) is 4.17. The maximum absolute atomic E-state index is 11.9. The van der Waals surface area contributed by atoms with E-state index in [1.807, 2.05) is 12.1 Å². The van der Waals surface area contributed by atoms with E-state index in [1.165, 1.54) is 0 Å². The van der Waals surface area contributed by atoms with Crippen LogP contribution in [0, 0.1) is 0 Å². The third kappa shape index (κ3) is 1.44. The van der Waals surface area contributed by atoms with Crippen molar-refractivity contribution in [2.45, 2.75) is 18.9 Å². The maximum Gasteiger partial charge on any atom is 0.327 e. The topological polar surface area (TPSA) is 62.7 Å². The molecule has 0 aliphatic carbocycles. The summed E-state index contributed by atoms with van der Waals surface area (Å²) >= 11 is 0. The van der Waals surface area contributed by atoms with E-state index in [0.717, 1.165) is 37.1 Å². The molecule has 0 amide bonds. The minimum absolute atomic E-state index is 0.0533. The minimum Gasteiger partial charge on any atom is -0.315 e. The molecule has 2 aromatic rings. The molecule has 0 saturated carbocycles. The highest BCUT2D eigenvalue weighted by Crippen LogP contribution is 2.18. The molecule has 0 bridgehead atoms. The van der Waals surface area contributed by atoms with Gasteiger partial charge in [-0.25, -0.2) is 9.78 Å². The molecule has 0 spiro atoms. The summed E-state index contributed by atoms with van der Waals surface area (Å²) in [5, 5.41) is 3.31. The molecular formula is C11H14N4O. The number of piperidine rings is 1. The Hall–Kier alpha value is -1.62. The van der Waals surface area contributed by atoms with Gasteiger partial charge in [0, 0.05) is 12.7 Å². The SMILES string of the molecule is O=c1[nH]c2cccnc2n1[C@@H]1CCCNC1. The number of hydrogen-bond donors (Lipinski definition) is 2. The molecule has 16 heavy (non-hydrogen) atoms. The molecule has 3 heterocycles. The third-order valence-electron chi connectivity index (χ3n) is 3.11. The third-order valence-corrected chi connectivity index (χ3v) is 3.11. The first-order valence-electron chi connectivity index (χ1n) is 5.62. The minimum atomic E-state index is -0.0533. The molecule has 1 aliphatic heterocycles. The van der Waals surface area contributed by atoms with E-state index in [9.17, 15) is 4.79 Å². The van der Waals surface area contributed by atoms with E-state index >= 15 is 0 Å². The fraction of sp³-hybridized carbons (Fsp3) is 0.455. The van der Waals surface area contributed by atoms with E-state index in [-0.39, 0.29) is 11.7 Å². The van der Waals surface area contributed by atoms with Crippen molar-refractivity contribution < 1.29 is 0 Å². The number of H-pyrrole nitrogens is 1. The van der Waals surface area contributed by atoms with Crippen LogP contribution >= 0.6 is 0 Å². The van der Waals surface area contributed by atoms with E-state index in [2.05, 4.69) is 15.3 Å². The number of hydrogen-bond acceptors (Lipinski definition) is 3. The van der Waals surface area contributed by atoms with Gasteiger partial charge in [-0.15, -0.1) is 0 Å². The average Bonchev–Trinajstić information content (AvgIpc) is 2.66. The Morgan fingerprint density at radius 2 is 2.44 bits per heavy atom. The first-order chi connectivity index (χ1) is 7.86. The predicted octanol–water partition coefficient (Wildman–Crippen LogP) is 0.649. The summed E-state index contributed by atoms with van der Waals surface area (Å²) in [5.41, 5.74) is 1.53. The van der Waals surface area contributed by atoms with E-state index < -0.39 is 0 Å². The van der Waals surface area contributed by atoms with Gasteiger partial charge < -0.3 is 10.3 Å². The number of nitrogens with one attached hydrogen (secondary N) is 2. The van der Waals surface area contributed by atoms with Crippen LogP contribution in [0.2, 0.25) is 0 Å². The molecule has 5 heteroatoms. The zero-order valence-electron chi connectivity index (χ0n) is 8.94. The summed E-state index contributed by atoms with van der Waals surface area (Å²) in [6.07, 6.45) is 3.87. The predicted molar refractivity (Wildman–Crippen MR) is 61.5 cm³/mol. The molecule has 1 saturated heterocycles. The molecule has 1 fully saturated rings. The first kappa shape index (κ1) is 9.59. The Morgan fingerprint density at radius 1 is 1.50 bits per heavy atom. The fourth-order valence-electron chi connectivity index (χ4n) is 2.35. The summed E-state index contributed by atoms with van der Waals surface area (Å²) in [4.78, 5) is 19.0. The lowest BCUT2D eigenvalue weighted by molar-refractivity contribution is 0.370. The van der Waals surface area contributed by atoms with Crippen LogP contribution in [0.4, 0.5) is 0 Å². The molecule has 2 aromatic heterocycles. The summed E-state index contributed by atoms with van der Waals surface area (Å²) in [6, 6.07) is 3.95. The Labute approximate surface area is 92.5 Å². The maximum atomic E-state index is 11.9. The number of nitrogens with zero attached hydrogens (tertiary/aromatic N) is 2. The standard InChI is InChI=1S/C11H14N4O/c16-11-14-9-4-2-6-13-10(9)15(11)8-3-1-5-12-7-8/h2,4,6,8,12H,1,3,5,7H2,(H,14,16)/t8-/m1/s1. The number of imidazole rings is 1. The molecule has 0 aromatic carbocycles. The average molecular weight is 218 g/mol. The van der Waals surface area contributed by atoms with Gasteiger partial charge in [0.05, 0.1) is 11.6 Å². The largest absolute Gasteiger partial charge is 0.327 e. The number of pyridine rings is 1. The lowest BCUT2D eigenvalue weighted by Gasteiger charge is -2.23. The fourth-order valence-corrected chi connectivity index (χ4v) is 2.35.